The molecule has 0 radical (unpaired) electrons. The molecule has 1 aromatic carbocycles. The van der Waals surface area contributed by atoms with Crippen LogP contribution in [0, 0.1) is 0 Å². The van der Waals surface area contributed by atoms with E-state index < -0.39 is 0 Å². The summed E-state index contributed by atoms with van der Waals surface area (Å²) in [6.07, 6.45) is 0. The third-order valence-corrected chi connectivity index (χ3v) is 4.90. The van der Waals surface area contributed by atoms with Gasteiger partial charge in [0.05, 0.1) is 31.8 Å². The highest BCUT2D eigenvalue weighted by molar-refractivity contribution is 9.13. The fraction of sp³-hybridized carbons (Fsp3) is 0.0909. The van der Waals surface area contributed by atoms with E-state index in [1.165, 1.54) is 0 Å². The molecule has 1 heterocycles. The maximum atomic E-state index is 6.05. The number of anilines is 1. The lowest BCUT2D eigenvalue weighted by Gasteiger charge is -2.08. The van der Waals surface area contributed by atoms with Gasteiger partial charge in [-0.25, -0.2) is 0 Å². The summed E-state index contributed by atoms with van der Waals surface area (Å²) in [4.78, 5) is 0. The van der Waals surface area contributed by atoms with E-state index in [-0.39, 0.29) is 0 Å². The smallest absolute Gasteiger partial charge is 0.183 e. The van der Waals surface area contributed by atoms with Gasteiger partial charge in [0.15, 0.2) is 4.67 Å². The van der Waals surface area contributed by atoms with Gasteiger partial charge in [-0.2, -0.15) is 0 Å². The highest BCUT2D eigenvalue weighted by Gasteiger charge is 2.09. The first-order chi connectivity index (χ1) is 8.47. The van der Waals surface area contributed by atoms with Crippen molar-refractivity contribution in [2.45, 2.75) is 6.54 Å². The predicted molar refractivity (Wildman–Crippen MR) is 82.9 cm³/mol. The SMILES string of the molecule is Clc1cc(Cl)c(NCc2cc(Br)c(Br)o2)cc1Cl. The van der Waals surface area contributed by atoms with E-state index >= 15 is 0 Å². The van der Waals surface area contributed by atoms with Crippen LogP contribution in [0.1, 0.15) is 5.76 Å². The fourth-order valence-corrected chi connectivity index (χ4v) is 2.59. The van der Waals surface area contributed by atoms with E-state index in [2.05, 4.69) is 37.2 Å². The molecule has 96 valence electrons. The van der Waals surface area contributed by atoms with E-state index in [0.717, 1.165) is 10.2 Å². The zero-order valence-corrected chi connectivity index (χ0v) is 14.2. The van der Waals surface area contributed by atoms with E-state index in [9.17, 15) is 0 Å². The van der Waals surface area contributed by atoms with Gasteiger partial charge in [-0.05, 0) is 50.1 Å². The number of furan rings is 1. The summed E-state index contributed by atoms with van der Waals surface area (Å²) in [6, 6.07) is 5.14. The van der Waals surface area contributed by atoms with Gasteiger partial charge in [0.1, 0.15) is 5.76 Å². The molecule has 0 unspecified atom stereocenters. The van der Waals surface area contributed by atoms with Crippen LogP contribution in [0.25, 0.3) is 0 Å². The van der Waals surface area contributed by atoms with Gasteiger partial charge < -0.3 is 9.73 Å². The van der Waals surface area contributed by atoms with Crippen molar-refractivity contribution in [2.24, 2.45) is 0 Å². The van der Waals surface area contributed by atoms with Gasteiger partial charge >= 0.3 is 0 Å². The Morgan fingerprint density at radius 1 is 1.00 bits per heavy atom. The Hall–Kier alpha value is 0.130. The van der Waals surface area contributed by atoms with Crippen LogP contribution in [0.2, 0.25) is 15.1 Å². The summed E-state index contributed by atoms with van der Waals surface area (Å²) in [6.45, 7) is 0.488. The summed E-state index contributed by atoms with van der Waals surface area (Å²) < 4.78 is 6.95. The van der Waals surface area contributed by atoms with Crippen LogP contribution in [0.3, 0.4) is 0 Å². The molecule has 1 N–H and O–H groups in total. The third kappa shape index (κ3) is 3.36. The first-order valence-electron chi connectivity index (χ1n) is 4.79. The van der Waals surface area contributed by atoms with E-state index in [1.807, 2.05) is 6.07 Å². The first kappa shape index (κ1) is 14.5. The molecule has 0 aliphatic carbocycles. The van der Waals surface area contributed by atoms with Crippen LogP contribution in [0.4, 0.5) is 5.69 Å². The fourth-order valence-electron chi connectivity index (χ4n) is 1.32. The van der Waals surface area contributed by atoms with Gasteiger partial charge in [-0.15, -0.1) is 0 Å². The average molecular weight is 434 g/mol. The molecule has 1 aromatic heterocycles. The van der Waals surface area contributed by atoms with E-state index in [4.69, 9.17) is 39.2 Å². The Morgan fingerprint density at radius 3 is 2.28 bits per heavy atom. The van der Waals surface area contributed by atoms with Crippen LogP contribution < -0.4 is 5.32 Å². The lowest BCUT2D eigenvalue weighted by Crippen LogP contribution is -1.98. The van der Waals surface area contributed by atoms with Crippen molar-refractivity contribution in [1.29, 1.82) is 0 Å². The molecule has 0 fully saturated rings. The molecular formula is C11H6Br2Cl3NO. The largest absolute Gasteiger partial charge is 0.451 e. The molecule has 2 nitrogen and oxygen atoms in total. The minimum absolute atomic E-state index is 0.427. The normalized spacial score (nSPS) is 10.7. The second kappa shape index (κ2) is 6.06. The second-order valence-corrected chi connectivity index (χ2v) is 6.23. The molecule has 2 aromatic rings. The topological polar surface area (TPSA) is 25.2 Å². The number of benzene rings is 1. The van der Waals surface area contributed by atoms with Crippen LogP contribution in [0.15, 0.2) is 31.8 Å². The van der Waals surface area contributed by atoms with Crippen LogP contribution in [0.5, 0.6) is 0 Å². The van der Waals surface area contributed by atoms with Crippen molar-refractivity contribution in [3.63, 3.8) is 0 Å². The lowest BCUT2D eigenvalue weighted by atomic mass is 10.3. The number of rotatable bonds is 3. The van der Waals surface area contributed by atoms with Crippen molar-refractivity contribution in [3.8, 4) is 0 Å². The highest BCUT2D eigenvalue weighted by atomic mass is 79.9. The van der Waals surface area contributed by atoms with Gasteiger partial charge in [-0.3, -0.25) is 0 Å². The summed E-state index contributed by atoms with van der Waals surface area (Å²) >= 11 is 24.4. The monoisotopic (exact) mass is 431 g/mol. The molecule has 0 saturated heterocycles. The van der Waals surface area contributed by atoms with Crippen molar-refractivity contribution >= 4 is 72.4 Å². The Morgan fingerprint density at radius 2 is 1.67 bits per heavy atom. The van der Waals surface area contributed by atoms with Gasteiger partial charge in [-0.1, -0.05) is 34.8 Å². The van der Waals surface area contributed by atoms with Gasteiger partial charge in [0, 0.05) is 0 Å². The maximum absolute atomic E-state index is 6.05. The van der Waals surface area contributed by atoms with Gasteiger partial charge in [0.25, 0.3) is 0 Å². The number of hydrogen-bond donors (Lipinski definition) is 1. The third-order valence-electron chi connectivity index (χ3n) is 2.16. The minimum atomic E-state index is 0.427. The molecular weight excluding hydrogens is 428 g/mol. The average Bonchev–Trinajstić information content (AvgIpc) is 2.62. The Kier molecular flexibility index (Phi) is 4.89. The Labute approximate surface area is 136 Å². The van der Waals surface area contributed by atoms with Crippen molar-refractivity contribution in [2.75, 3.05) is 5.32 Å². The Balaban J connectivity index is 2.13. The Bertz CT molecular complexity index is 566. The van der Waals surface area contributed by atoms with Crippen molar-refractivity contribution in [1.82, 2.24) is 0 Å². The highest BCUT2D eigenvalue weighted by Crippen LogP contribution is 2.33. The van der Waals surface area contributed by atoms with Crippen molar-refractivity contribution in [3.05, 3.63) is 48.2 Å². The molecule has 0 atom stereocenters. The quantitative estimate of drug-likeness (QED) is 0.568. The first-order valence-corrected chi connectivity index (χ1v) is 7.51. The van der Waals surface area contributed by atoms with Crippen LogP contribution in [-0.2, 0) is 6.54 Å². The molecule has 0 amide bonds. The summed E-state index contributed by atoms with van der Waals surface area (Å²) in [5.41, 5.74) is 0.703. The maximum Gasteiger partial charge on any atom is 0.183 e. The van der Waals surface area contributed by atoms with E-state index in [1.54, 1.807) is 12.1 Å². The second-order valence-electron chi connectivity index (χ2n) is 3.43. The summed E-state index contributed by atoms with van der Waals surface area (Å²) in [7, 11) is 0. The standard InChI is InChI=1S/C11H6Br2Cl3NO/c12-6-1-5(18-11(6)13)4-17-10-3-8(15)7(14)2-9(10)16/h1-3,17H,4H2. The lowest BCUT2D eigenvalue weighted by molar-refractivity contribution is 0.494. The molecule has 7 heteroatoms. The molecule has 18 heavy (non-hydrogen) atoms. The predicted octanol–water partition coefficient (Wildman–Crippen LogP) is 6.38. The van der Waals surface area contributed by atoms with Crippen LogP contribution in [-0.4, -0.2) is 0 Å². The zero-order valence-electron chi connectivity index (χ0n) is 8.74. The van der Waals surface area contributed by atoms with Crippen LogP contribution >= 0.6 is 66.7 Å². The molecule has 0 saturated carbocycles. The molecule has 2 rings (SSSR count). The molecule has 0 aliphatic rings. The zero-order chi connectivity index (χ0) is 13.3. The number of halogens is 5. The molecule has 0 spiro atoms. The van der Waals surface area contributed by atoms with Gasteiger partial charge in [0.2, 0.25) is 0 Å². The summed E-state index contributed by atoms with van der Waals surface area (Å²) in [5, 5.41) is 4.51. The number of hydrogen-bond acceptors (Lipinski definition) is 2. The molecule has 0 aliphatic heterocycles. The van der Waals surface area contributed by atoms with E-state index in [0.29, 0.717) is 32.0 Å². The minimum Gasteiger partial charge on any atom is -0.451 e. The number of nitrogens with one attached hydrogen (secondary N) is 1. The molecule has 0 bridgehead atoms. The summed E-state index contributed by atoms with van der Waals surface area (Å²) in [5.74, 6) is 0.760. The van der Waals surface area contributed by atoms with Crippen molar-refractivity contribution < 1.29 is 4.42 Å².